The molecule has 0 saturated heterocycles. The zero-order valence-electron chi connectivity index (χ0n) is 43.9. The third-order valence-electron chi connectivity index (χ3n) is 16.2. The Hall–Kier alpha value is -10.8. The Morgan fingerprint density at radius 3 is 1.56 bits per heavy atom. The summed E-state index contributed by atoms with van der Waals surface area (Å²) in [4.78, 5) is 11.0. The molecule has 81 heavy (non-hydrogen) atoms. The quantitative estimate of drug-likeness (QED) is 0.157. The maximum absolute atomic E-state index is 6.49. The SMILES string of the molecule is c1ccc(-c2cccc(C3=NC(c4ccc(-c5ccccc5)cc4-n4c5ccccc5c5c(-c6cccc7c6c6ccc(-c8ccccc8)cc6n7-c6ccccc6)cccc54)NC(c4ccc5c(c4)oc4ccccc45)=N3)c2)cc1. The van der Waals surface area contributed by atoms with E-state index in [9.17, 15) is 0 Å². The maximum atomic E-state index is 6.49. The summed E-state index contributed by atoms with van der Waals surface area (Å²) in [6, 6.07) is 102. The standard InChI is InChI=1S/C75H49N5O/c1-5-20-48(21-6-1)51-26-17-27-54(44-51)73-76-74(55-40-41-58-57-30-14-16-37-69(57)81-70(58)47-55)78-75(77-73)63-43-39-53(50-24-9-3-10-25-50)46-68(63)80-64-34-15-13-31-61(64)71-59(33-19-36-66(71)80)60-32-18-35-65-72(60)62-42-38-52(49-22-7-2-8-23-49)45-67(62)79(65)56-28-11-4-12-29-56/h1-47,75H,(H,76,77,78). The van der Waals surface area contributed by atoms with Crippen LogP contribution in [0.4, 0.5) is 0 Å². The molecule has 0 bridgehead atoms. The minimum Gasteiger partial charge on any atom is -0.456 e. The molecule has 0 aliphatic carbocycles. The van der Waals surface area contributed by atoms with Gasteiger partial charge in [-0.25, -0.2) is 9.98 Å². The van der Waals surface area contributed by atoms with E-state index in [1.807, 2.05) is 12.1 Å². The van der Waals surface area contributed by atoms with Crippen LogP contribution in [-0.2, 0) is 0 Å². The van der Waals surface area contributed by atoms with E-state index in [2.05, 4.69) is 287 Å². The number of nitrogens with one attached hydrogen (secondary N) is 1. The summed E-state index contributed by atoms with van der Waals surface area (Å²) < 4.78 is 11.4. The number of fused-ring (bicyclic) bond motifs is 9. The van der Waals surface area contributed by atoms with Gasteiger partial charge in [0, 0.05) is 54.7 Å². The molecule has 1 aliphatic heterocycles. The molecule has 15 aromatic rings. The maximum Gasteiger partial charge on any atom is 0.159 e. The molecule has 1 aliphatic rings. The number of rotatable bonds is 9. The van der Waals surface area contributed by atoms with Gasteiger partial charge in [-0.2, -0.15) is 0 Å². The lowest BCUT2D eigenvalue weighted by atomic mass is 9.95. The molecule has 0 radical (unpaired) electrons. The minimum atomic E-state index is -0.558. The van der Waals surface area contributed by atoms with Gasteiger partial charge in [-0.3, -0.25) is 0 Å². The van der Waals surface area contributed by atoms with Crippen LogP contribution in [-0.4, -0.2) is 20.8 Å². The third-order valence-corrected chi connectivity index (χ3v) is 16.2. The number of aliphatic imine (C=N–C) groups is 2. The lowest BCUT2D eigenvalue weighted by molar-refractivity contribution is 0.665. The molecule has 1 atom stereocenters. The Kier molecular flexibility index (Phi) is 10.8. The average Bonchev–Trinajstić information content (AvgIpc) is 4.03. The Morgan fingerprint density at radius 1 is 0.333 bits per heavy atom. The van der Waals surface area contributed by atoms with Crippen LogP contribution in [0.3, 0.4) is 0 Å². The largest absolute Gasteiger partial charge is 0.456 e. The fraction of sp³-hybridized carbons (Fsp3) is 0.0133. The Labute approximate surface area is 467 Å². The number of para-hydroxylation sites is 3. The van der Waals surface area contributed by atoms with Crippen LogP contribution in [0, 0.1) is 0 Å². The zero-order valence-corrected chi connectivity index (χ0v) is 43.9. The number of hydrogen-bond acceptors (Lipinski definition) is 4. The third kappa shape index (κ3) is 7.79. The van der Waals surface area contributed by atoms with E-state index in [1.54, 1.807) is 0 Å². The number of furan rings is 1. The van der Waals surface area contributed by atoms with E-state index in [1.165, 1.54) is 32.8 Å². The highest BCUT2D eigenvalue weighted by molar-refractivity contribution is 6.23. The molecular weight excluding hydrogens is 987 g/mol. The van der Waals surface area contributed by atoms with Crippen molar-refractivity contribution in [3.8, 4) is 55.9 Å². The lowest BCUT2D eigenvalue weighted by Crippen LogP contribution is -2.34. The highest BCUT2D eigenvalue weighted by atomic mass is 16.3. The van der Waals surface area contributed by atoms with Gasteiger partial charge in [0.1, 0.15) is 23.2 Å². The first kappa shape index (κ1) is 46.3. The highest BCUT2D eigenvalue weighted by Gasteiger charge is 2.28. The van der Waals surface area contributed by atoms with Gasteiger partial charge in [0.25, 0.3) is 0 Å². The average molecular weight is 1040 g/mol. The molecule has 6 nitrogen and oxygen atoms in total. The fourth-order valence-electron chi connectivity index (χ4n) is 12.5. The monoisotopic (exact) mass is 1040 g/mol. The number of benzene rings is 12. The molecule has 4 heterocycles. The summed E-state index contributed by atoms with van der Waals surface area (Å²) in [5, 5.41) is 10.8. The minimum absolute atomic E-state index is 0.558. The van der Waals surface area contributed by atoms with E-state index >= 15 is 0 Å². The van der Waals surface area contributed by atoms with E-state index in [0.29, 0.717) is 11.7 Å². The van der Waals surface area contributed by atoms with Crippen LogP contribution >= 0.6 is 0 Å². The lowest BCUT2D eigenvalue weighted by Gasteiger charge is -2.26. The molecule has 0 saturated carbocycles. The molecule has 6 heteroatoms. The molecular formula is C75H49N5O. The number of aromatic nitrogens is 2. The first-order valence-electron chi connectivity index (χ1n) is 27.6. The Balaban J connectivity index is 0.921. The van der Waals surface area contributed by atoms with Crippen LogP contribution in [0.25, 0.3) is 121 Å². The summed E-state index contributed by atoms with van der Waals surface area (Å²) in [5.41, 5.74) is 20.3. The van der Waals surface area contributed by atoms with Gasteiger partial charge < -0.3 is 18.9 Å². The summed E-state index contributed by atoms with van der Waals surface area (Å²) in [5.74, 6) is 1.34. The predicted molar refractivity (Wildman–Crippen MR) is 336 cm³/mol. The molecule has 0 amide bonds. The van der Waals surface area contributed by atoms with Crippen molar-refractivity contribution in [3.63, 3.8) is 0 Å². The van der Waals surface area contributed by atoms with E-state index in [0.717, 1.165) is 105 Å². The fourth-order valence-corrected chi connectivity index (χ4v) is 12.5. The molecule has 3 aromatic heterocycles. The van der Waals surface area contributed by atoms with Crippen molar-refractivity contribution in [1.29, 1.82) is 0 Å². The van der Waals surface area contributed by atoms with Crippen molar-refractivity contribution in [2.75, 3.05) is 0 Å². The zero-order chi connectivity index (χ0) is 53.4. The highest BCUT2D eigenvalue weighted by Crippen LogP contribution is 2.46. The van der Waals surface area contributed by atoms with Crippen molar-refractivity contribution >= 4 is 77.2 Å². The summed E-state index contributed by atoms with van der Waals surface area (Å²) in [6.45, 7) is 0. The predicted octanol–water partition coefficient (Wildman–Crippen LogP) is 18.9. The topological polar surface area (TPSA) is 59.8 Å². The second kappa shape index (κ2) is 19.0. The van der Waals surface area contributed by atoms with Crippen LogP contribution in [0.2, 0.25) is 0 Å². The molecule has 16 rings (SSSR count). The van der Waals surface area contributed by atoms with Crippen molar-refractivity contribution in [3.05, 3.63) is 302 Å². The smallest absolute Gasteiger partial charge is 0.159 e. The van der Waals surface area contributed by atoms with Crippen molar-refractivity contribution in [1.82, 2.24) is 14.5 Å². The molecule has 1 N–H and O–H groups in total. The van der Waals surface area contributed by atoms with E-state index < -0.39 is 6.17 Å². The number of hydrogen-bond donors (Lipinski definition) is 1. The molecule has 1 unspecified atom stereocenters. The van der Waals surface area contributed by atoms with E-state index in [-0.39, 0.29) is 0 Å². The normalized spacial score (nSPS) is 13.6. The first-order valence-corrected chi connectivity index (χ1v) is 27.6. The van der Waals surface area contributed by atoms with Crippen molar-refractivity contribution in [2.24, 2.45) is 9.98 Å². The van der Waals surface area contributed by atoms with Gasteiger partial charge in [-0.1, -0.05) is 218 Å². The van der Waals surface area contributed by atoms with E-state index in [4.69, 9.17) is 14.4 Å². The summed E-state index contributed by atoms with van der Waals surface area (Å²) >= 11 is 0. The van der Waals surface area contributed by atoms with Crippen LogP contribution < -0.4 is 5.32 Å². The summed E-state index contributed by atoms with van der Waals surface area (Å²) in [6.07, 6.45) is -0.558. The van der Waals surface area contributed by atoms with Crippen molar-refractivity contribution < 1.29 is 4.42 Å². The van der Waals surface area contributed by atoms with Crippen molar-refractivity contribution in [2.45, 2.75) is 6.17 Å². The van der Waals surface area contributed by atoms with Gasteiger partial charge in [0.05, 0.1) is 27.8 Å². The number of nitrogens with zero attached hydrogens (tertiary/aromatic N) is 4. The molecule has 0 spiro atoms. The van der Waals surface area contributed by atoms with Gasteiger partial charge >= 0.3 is 0 Å². The van der Waals surface area contributed by atoms with Gasteiger partial charge in [0.2, 0.25) is 0 Å². The Morgan fingerprint density at radius 2 is 0.840 bits per heavy atom. The second-order valence-corrected chi connectivity index (χ2v) is 20.9. The first-order chi connectivity index (χ1) is 40.2. The molecule has 0 fully saturated rings. The van der Waals surface area contributed by atoms with Gasteiger partial charge in [-0.05, 0) is 111 Å². The summed E-state index contributed by atoms with van der Waals surface area (Å²) in [7, 11) is 0. The van der Waals surface area contributed by atoms with Crippen LogP contribution in [0.5, 0.6) is 0 Å². The second-order valence-electron chi connectivity index (χ2n) is 20.9. The molecule has 12 aromatic carbocycles. The number of amidine groups is 2. The van der Waals surface area contributed by atoms with Crippen LogP contribution in [0.1, 0.15) is 22.9 Å². The van der Waals surface area contributed by atoms with Gasteiger partial charge in [0.15, 0.2) is 5.84 Å². The van der Waals surface area contributed by atoms with Crippen LogP contribution in [0.15, 0.2) is 300 Å². The Bertz CT molecular complexity index is 5010. The molecule has 380 valence electrons. The van der Waals surface area contributed by atoms with Gasteiger partial charge in [-0.15, -0.1) is 0 Å².